The molecule has 0 saturated heterocycles. The molecular formula is C11H14N4O4S. The van der Waals surface area contributed by atoms with Gasteiger partial charge in [0.25, 0.3) is 5.69 Å². The van der Waals surface area contributed by atoms with E-state index in [1.165, 1.54) is 19.2 Å². The summed E-state index contributed by atoms with van der Waals surface area (Å²) >= 11 is 0. The zero-order valence-electron chi connectivity index (χ0n) is 11.0. The van der Waals surface area contributed by atoms with Crippen LogP contribution in [0.5, 0.6) is 0 Å². The third kappa shape index (κ3) is 3.04. The minimum Gasteiger partial charge on any atom is -0.393 e. The molecule has 0 amide bonds. The average molecular weight is 298 g/mol. The van der Waals surface area contributed by atoms with Crippen LogP contribution in [0.1, 0.15) is 13.3 Å². The SMILES string of the molecule is CC(CC#N)N(C)S(=O)(=O)c1ccc(N)c([N+](=O)[O-])c1. The highest BCUT2D eigenvalue weighted by atomic mass is 32.2. The van der Waals surface area contributed by atoms with Gasteiger partial charge in [0.05, 0.1) is 22.3 Å². The highest BCUT2D eigenvalue weighted by Crippen LogP contribution is 2.27. The number of benzene rings is 1. The standard InChI is InChI=1S/C11H14N4O4S/c1-8(5-6-12)14(2)20(18,19)9-3-4-10(13)11(7-9)15(16)17/h3-4,7-8H,5,13H2,1-2H3. The van der Waals surface area contributed by atoms with Crippen molar-refractivity contribution in [2.45, 2.75) is 24.3 Å². The molecule has 0 fully saturated rings. The lowest BCUT2D eigenvalue weighted by molar-refractivity contribution is -0.384. The molecule has 0 bridgehead atoms. The van der Waals surface area contributed by atoms with Gasteiger partial charge in [-0.05, 0) is 19.1 Å². The number of rotatable bonds is 5. The Bertz CT molecular complexity index is 665. The van der Waals surface area contributed by atoms with Crippen LogP contribution < -0.4 is 5.73 Å². The molecule has 1 rings (SSSR count). The number of nitro groups is 1. The molecular weight excluding hydrogens is 284 g/mol. The maximum Gasteiger partial charge on any atom is 0.293 e. The number of nitriles is 1. The van der Waals surface area contributed by atoms with Gasteiger partial charge in [0.2, 0.25) is 10.0 Å². The Hall–Kier alpha value is -2.18. The summed E-state index contributed by atoms with van der Waals surface area (Å²) in [5.41, 5.74) is 4.85. The van der Waals surface area contributed by atoms with Gasteiger partial charge in [-0.3, -0.25) is 10.1 Å². The van der Waals surface area contributed by atoms with Crippen LogP contribution in [0.15, 0.2) is 23.1 Å². The van der Waals surface area contributed by atoms with Crippen LogP contribution in [0.25, 0.3) is 0 Å². The lowest BCUT2D eigenvalue weighted by atomic mass is 10.3. The van der Waals surface area contributed by atoms with Crippen LogP contribution in [0.4, 0.5) is 11.4 Å². The molecule has 1 atom stereocenters. The van der Waals surface area contributed by atoms with E-state index in [4.69, 9.17) is 11.0 Å². The van der Waals surface area contributed by atoms with Crippen LogP contribution in [0, 0.1) is 21.4 Å². The molecule has 20 heavy (non-hydrogen) atoms. The van der Waals surface area contributed by atoms with E-state index in [0.29, 0.717) is 0 Å². The Morgan fingerprint density at radius 3 is 2.65 bits per heavy atom. The van der Waals surface area contributed by atoms with E-state index in [0.717, 1.165) is 10.4 Å². The lowest BCUT2D eigenvalue weighted by Gasteiger charge is -2.22. The topological polar surface area (TPSA) is 130 Å². The largest absolute Gasteiger partial charge is 0.393 e. The number of nitrogens with two attached hydrogens (primary N) is 1. The van der Waals surface area contributed by atoms with Crippen molar-refractivity contribution in [2.75, 3.05) is 12.8 Å². The highest BCUT2D eigenvalue weighted by Gasteiger charge is 2.27. The molecule has 0 aromatic heterocycles. The van der Waals surface area contributed by atoms with Crippen LogP contribution in [0.2, 0.25) is 0 Å². The van der Waals surface area contributed by atoms with Crippen molar-refractivity contribution in [3.63, 3.8) is 0 Å². The molecule has 0 aliphatic carbocycles. The molecule has 1 aromatic rings. The van der Waals surface area contributed by atoms with Crippen molar-refractivity contribution >= 4 is 21.4 Å². The van der Waals surface area contributed by atoms with Crippen molar-refractivity contribution in [1.82, 2.24) is 4.31 Å². The fourth-order valence-electron chi connectivity index (χ4n) is 1.51. The van der Waals surface area contributed by atoms with Crippen LogP contribution in [-0.4, -0.2) is 30.7 Å². The second kappa shape index (κ2) is 5.85. The van der Waals surface area contributed by atoms with E-state index in [2.05, 4.69) is 0 Å². The summed E-state index contributed by atoms with van der Waals surface area (Å²) < 4.78 is 25.6. The maximum atomic E-state index is 12.3. The summed E-state index contributed by atoms with van der Waals surface area (Å²) in [7, 11) is -2.59. The summed E-state index contributed by atoms with van der Waals surface area (Å²) in [6, 6.07) is 4.63. The van der Waals surface area contributed by atoms with Crippen molar-refractivity contribution in [1.29, 1.82) is 5.26 Å². The molecule has 0 saturated carbocycles. The second-order valence-corrected chi connectivity index (χ2v) is 6.21. The molecule has 0 heterocycles. The van der Waals surface area contributed by atoms with Crippen LogP contribution in [0.3, 0.4) is 0 Å². The van der Waals surface area contributed by atoms with Gasteiger partial charge in [0.1, 0.15) is 5.69 Å². The quantitative estimate of drug-likeness (QED) is 0.492. The second-order valence-electron chi connectivity index (χ2n) is 4.21. The first-order valence-electron chi connectivity index (χ1n) is 5.60. The summed E-state index contributed by atoms with van der Waals surface area (Å²) in [5.74, 6) is 0. The molecule has 8 nitrogen and oxygen atoms in total. The predicted molar refractivity (Wildman–Crippen MR) is 72.1 cm³/mol. The van der Waals surface area contributed by atoms with Gasteiger partial charge in [-0.1, -0.05) is 0 Å². The van der Waals surface area contributed by atoms with Crippen LogP contribution >= 0.6 is 0 Å². The molecule has 1 unspecified atom stereocenters. The molecule has 2 N–H and O–H groups in total. The van der Waals surface area contributed by atoms with Gasteiger partial charge >= 0.3 is 0 Å². The Kier molecular flexibility index (Phi) is 4.65. The Balaban J connectivity index is 3.27. The summed E-state index contributed by atoms with van der Waals surface area (Å²) in [6.45, 7) is 1.58. The van der Waals surface area contributed by atoms with Crippen molar-refractivity contribution in [3.8, 4) is 6.07 Å². The number of hydrogen-bond donors (Lipinski definition) is 1. The molecule has 1 aromatic carbocycles. The van der Waals surface area contributed by atoms with E-state index in [-0.39, 0.29) is 17.0 Å². The van der Waals surface area contributed by atoms with E-state index in [1.807, 2.05) is 6.07 Å². The number of anilines is 1. The van der Waals surface area contributed by atoms with E-state index in [1.54, 1.807) is 6.92 Å². The minimum atomic E-state index is -3.91. The molecule has 0 aliphatic rings. The molecule has 108 valence electrons. The predicted octanol–water partition coefficient (Wildman–Crippen LogP) is 1.10. The number of nitrogen functional groups attached to an aromatic ring is 1. The van der Waals surface area contributed by atoms with Crippen molar-refractivity contribution in [3.05, 3.63) is 28.3 Å². The Morgan fingerprint density at radius 2 is 2.15 bits per heavy atom. The summed E-state index contributed by atoms with van der Waals surface area (Å²) in [4.78, 5) is 9.81. The Labute approximate surface area is 116 Å². The number of sulfonamides is 1. The average Bonchev–Trinajstić information content (AvgIpc) is 2.37. The zero-order chi connectivity index (χ0) is 15.5. The number of nitrogens with zero attached hydrogens (tertiary/aromatic N) is 3. The third-order valence-electron chi connectivity index (χ3n) is 2.88. The first-order chi connectivity index (χ1) is 9.21. The fraction of sp³-hybridized carbons (Fsp3) is 0.364. The fourth-order valence-corrected chi connectivity index (χ4v) is 2.89. The number of hydrogen-bond acceptors (Lipinski definition) is 6. The van der Waals surface area contributed by atoms with Gasteiger partial charge in [-0.25, -0.2) is 8.42 Å². The highest BCUT2D eigenvalue weighted by molar-refractivity contribution is 7.89. The Morgan fingerprint density at radius 1 is 1.55 bits per heavy atom. The maximum absolute atomic E-state index is 12.3. The summed E-state index contributed by atoms with van der Waals surface area (Å²) in [5, 5.41) is 19.4. The van der Waals surface area contributed by atoms with E-state index >= 15 is 0 Å². The molecule has 0 spiro atoms. The smallest absolute Gasteiger partial charge is 0.293 e. The van der Waals surface area contributed by atoms with E-state index < -0.39 is 26.7 Å². The van der Waals surface area contributed by atoms with Gasteiger partial charge in [-0.15, -0.1) is 0 Å². The monoisotopic (exact) mass is 298 g/mol. The molecule has 0 radical (unpaired) electrons. The number of nitro benzene ring substituents is 1. The van der Waals surface area contributed by atoms with Crippen molar-refractivity contribution < 1.29 is 13.3 Å². The van der Waals surface area contributed by atoms with Gasteiger partial charge in [0.15, 0.2) is 0 Å². The van der Waals surface area contributed by atoms with Crippen LogP contribution in [-0.2, 0) is 10.0 Å². The summed E-state index contributed by atoms with van der Waals surface area (Å²) in [6.07, 6.45) is 0.0206. The lowest BCUT2D eigenvalue weighted by Crippen LogP contribution is -2.34. The van der Waals surface area contributed by atoms with Gasteiger partial charge < -0.3 is 5.73 Å². The van der Waals surface area contributed by atoms with Gasteiger partial charge in [-0.2, -0.15) is 9.57 Å². The first kappa shape index (κ1) is 15.9. The third-order valence-corrected chi connectivity index (χ3v) is 4.85. The molecule has 9 heteroatoms. The minimum absolute atomic E-state index is 0.0206. The van der Waals surface area contributed by atoms with E-state index in [9.17, 15) is 18.5 Å². The zero-order valence-corrected chi connectivity index (χ0v) is 11.8. The van der Waals surface area contributed by atoms with Crippen molar-refractivity contribution in [2.24, 2.45) is 0 Å². The first-order valence-corrected chi connectivity index (χ1v) is 7.04. The van der Waals surface area contributed by atoms with Gasteiger partial charge in [0, 0.05) is 19.2 Å². The molecule has 0 aliphatic heterocycles. The normalized spacial score (nSPS) is 12.9.